The highest BCUT2D eigenvalue weighted by Gasteiger charge is 2.44. The standard InChI is InChI=1S/C57H111NO8/c1-3-5-7-9-11-13-15-16-17-18-19-20-21-22-23-24-25-26-27-28-29-30-31-32-33-34-35-36-37-38-40-42-44-46-51(60)50(49-65-57-56(64)55(63)54(62)52(48-59)66-57)58-53(61)47-45-43-41-39-14-12-10-8-6-4-2/h44,46,50-52,54-57,59-60,62-64H,3-43,45,47-49H2,1-2H3,(H,58,61)/b46-44+. The molecule has 392 valence electrons. The summed E-state index contributed by atoms with van der Waals surface area (Å²) in [5.74, 6) is -0.175. The maximum absolute atomic E-state index is 12.9. The third-order valence-corrected chi connectivity index (χ3v) is 14.1. The fraction of sp³-hybridized carbons (Fsp3) is 0.947. The molecule has 0 aromatic rings. The monoisotopic (exact) mass is 938 g/mol. The van der Waals surface area contributed by atoms with Crippen molar-refractivity contribution in [2.24, 2.45) is 0 Å². The molecule has 0 saturated carbocycles. The summed E-state index contributed by atoms with van der Waals surface area (Å²) in [6, 6.07) is -0.799. The van der Waals surface area contributed by atoms with Gasteiger partial charge in [-0.2, -0.15) is 0 Å². The molecule has 66 heavy (non-hydrogen) atoms. The van der Waals surface area contributed by atoms with Crippen LogP contribution in [-0.4, -0.2) is 87.5 Å². The molecule has 7 atom stereocenters. The fourth-order valence-corrected chi connectivity index (χ4v) is 9.51. The molecule has 1 saturated heterocycles. The van der Waals surface area contributed by atoms with Crippen LogP contribution in [0.5, 0.6) is 0 Å². The molecule has 1 amide bonds. The molecule has 1 aliphatic rings. The molecule has 0 bridgehead atoms. The molecule has 9 nitrogen and oxygen atoms in total. The summed E-state index contributed by atoms with van der Waals surface area (Å²) < 4.78 is 11.2. The number of ether oxygens (including phenoxy) is 2. The Balaban J connectivity index is 2.08. The highest BCUT2D eigenvalue weighted by Crippen LogP contribution is 2.23. The largest absolute Gasteiger partial charge is 0.394 e. The van der Waals surface area contributed by atoms with Crippen LogP contribution in [0.2, 0.25) is 0 Å². The number of amides is 1. The number of aliphatic hydroxyl groups is 5. The van der Waals surface area contributed by atoms with E-state index in [1.807, 2.05) is 6.08 Å². The molecule has 1 rings (SSSR count). The lowest BCUT2D eigenvalue weighted by Gasteiger charge is -2.40. The molecule has 1 fully saturated rings. The smallest absolute Gasteiger partial charge is 0.220 e. The minimum absolute atomic E-state index is 0.175. The summed E-state index contributed by atoms with van der Waals surface area (Å²) >= 11 is 0. The summed E-state index contributed by atoms with van der Waals surface area (Å²) in [7, 11) is 0. The van der Waals surface area contributed by atoms with Crippen molar-refractivity contribution in [3.63, 3.8) is 0 Å². The van der Waals surface area contributed by atoms with Crippen molar-refractivity contribution >= 4 is 5.91 Å². The maximum atomic E-state index is 12.9. The van der Waals surface area contributed by atoms with Gasteiger partial charge < -0.3 is 40.3 Å². The zero-order chi connectivity index (χ0) is 48.0. The molecular formula is C57H111NO8. The van der Waals surface area contributed by atoms with Gasteiger partial charge in [0, 0.05) is 6.42 Å². The van der Waals surface area contributed by atoms with Crippen molar-refractivity contribution < 1.29 is 39.8 Å². The van der Waals surface area contributed by atoms with Gasteiger partial charge in [-0.25, -0.2) is 0 Å². The summed E-state index contributed by atoms with van der Waals surface area (Å²) in [4.78, 5) is 12.9. The molecular weight excluding hydrogens is 827 g/mol. The van der Waals surface area contributed by atoms with E-state index >= 15 is 0 Å². The Morgan fingerprint density at radius 2 is 0.833 bits per heavy atom. The maximum Gasteiger partial charge on any atom is 0.220 e. The van der Waals surface area contributed by atoms with Crippen molar-refractivity contribution in [2.75, 3.05) is 13.2 Å². The van der Waals surface area contributed by atoms with E-state index in [0.29, 0.717) is 6.42 Å². The molecule has 0 aromatic heterocycles. The topological polar surface area (TPSA) is 149 Å². The number of carbonyl (C=O) groups excluding carboxylic acids is 1. The molecule has 1 heterocycles. The van der Waals surface area contributed by atoms with E-state index in [2.05, 4.69) is 19.2 Å². The van der Waals surface area contributed by atoms with Crippen LogP contribution >= 0.6 is 0 Å². The number of hydrogen-bond acceptors (Lipinski definition) is 8. The molecule has 9 heteroatoms. The Bertz CT molecular complexity index is 1040. The van der Waals surface area contributed by atoms with Gasteiger partial charge in [0.15, 0.2) is 6.29 Å². The molecule has 6 N–H and O–H groups in total. The lowest BCUT2D eigenvalue weighted by Crippen LogP contribution is -2.60. The highest BCUT2D eigenvalue weighted by atomic mass is 16.7. The van der Waals surface area contributed by atoms with Crippen LogP contribution in [0, 0.1) is 0 Å². The number of allylic oxidation sites excluding steroid dienone is 1. The molecule has 0 spiro atoms. The van der Waals surface area contributed by atoms with Gasteiger partial charge in [-0.15, -0.1) is 0 Å². The Morgan fingerprint density at radius 3 is 1.18 bits per heavy atom. The first-order valence-corrected chi connectivity index (χ1v) is 28.9. The minimum Gasteiger partial charge on any atom is -0.394 e. The van der Waals surface area contributed by atoms with E-state index in [1.165, 1.54) is 231 Å². The predicted molar refractivity (Wildman–Crippen MR) is 277 cm³/mol. The SMILES string of the molecule is CCCCCCCCCCCCCCCCCCCCCCCCCCCCCCCCC/C=C/C(O)C(COC1OC(CO)C(O)C(O)C1O)NC(=O)CCCCCCCCCCCC. The van der Waals surface area contributed by atoms with Crippen LogP contribution in [0.15, 0.2) is 12.2 Å². The van der Waals surface area contributed by atoms with E-state index in [-0.39, 0.29) is 12.5 Å². The molecule has 7 unspecified atom stereocenters. The van der Waals surface area contributed by atoms with Crippen molar-refractivity contribution in [3.05, 3.63) is 12.2 Å². The number of unbranched alkanes of at least 4 members (excludes halogenated alkanes) is 40. The van der Waals surface area contributed by atoms with Crippen molar-refractivity contribution in [1.82, 2.24) is 5.32 Å². The second-order valence-electron chi connectivity index (χ2n) is 20.5. The summed E-state index contributed by atoms with van der Waals surface area (Å²) in [6.07, 6.45) is 51.7. The highest BCUT2D eigenvalue weighted by molar-refractivity contribution is 5.76. The first kappa shape index (κ1) is 62.9. The summed E-state index contributed by atoms with van der Waals surface area (Å²) in [5, 5.41) is 54.3. The van der Waals surface area contributed by atoms with Crippen LogP contribution in [0.3, 0.4) is 0 Å². The minimum atomic E-state index is -1.56. The number of hydrogen-bond donors (Lipinski definition) is 6. The van der Waals surface area contributed by atoms with Crippen LogP contribution in [0.1, 0.15) is 290 Å². The summed E-state index contributed by atoms with van der Waals surface area (Å²) in [6.45, 7) is 3.79. The van der Waals surface area contributed by atoms with Crippen LogP contribution in [0.25, 0.3) is 0 Å². The molecule has 0 aromatic carbocycles. The summed E-state index contributed by atoms with van der Waals surface area (Å²) in [5.41, 5.74) is 0. The predicted octanol–water partition coefficient (Wildman–Crippen LogP) is 14.0. The zero-order valence-electron chi connectivity index (χ0n) is 43.5. The molecule has 1 aliphatic heterocycles. The average Bonchev–Trinajstić information content (AvgIpc) is 3.32. The van der Waals surface area contributed by atoms with Gasteiger partial charge in [-0.1, -0.05) is 276 Å². The van der Waals surface area contributed by atoms with E-state index in [9.17, 15) is 30.3 Å². The number of aliphatic hydroxyl groups excluding tert-OH is 5. The Morgan fingerprint density at radius 1 is 0.500 bits per heavy atom. The van der Waals surface area contributed by atoms with Crippen LogP contribution < -0.4 is 5.32 Å². The van der Waals surface area contributed by atoms with E-state index in [4.69, 9.17) is 9.47 Å². The van der Waals surface area contributed by atoms with Crippen molar-refractivity contribution in [3.8, 4) is 0 Å². The Labute approximate surface area is 407 Å². The van der Waals surface area contributed by atoms with Gasteiger partial charge in [-0.05, 0) is 19.3 Å². The first-order valence-electron chi connectivity index (χ1n) is 28.9. The number of nitrogens with one attached hydrogen (secondary N) is 1. The normalized spacial score (nSPS) is 19.8. The van der Waals surface area contributed by atoms with Gasteiger partial charge >= 0.3 is 0 Å². The Hall–Kier alpha value is -1.07. The van der Waals surface area contributed by atoms with Crippen molar-refractivity contribution in [2.45, 2.75) is 333 Å². The fourth-order valence-electron chi connectivity index (χ4n) is 9.51. The lowest BCUT2D eigenvalue weighted by atomic mass is 9.99. The van der Waals surface area contributed by atoms with E-state index in [1.54, 1.807) is 6.08 Å². The van der Waals surface area contributed by atoms with Crippen LogP contribution in [0.4, 0.5) is 0 Å². The third kappa shape index (κ3) is 36.9. The van der Waals surface area contributed by atoms with Gasteiger partial charge in [-0.3, -0.25) is 4.79 Å². The Kier molecular flexibility index (Phi) is 45.4. The lowest BCUT2D eigenvalue weighted by molar-refractivity contribution is -0.302. The number of carbonyl (C=O) groups is 1. The van der Waals surface area contributed by atoms with Gasteiger partial charge in [0.2, 0.25) is 5.91 Å². The average molecular weight is 939 g/mol. The van der Waals surface area contributed by atoms with Gasteiger partial charge in [0.25, 0.3) is 0 Å². The van der Waals surface area contributed by atoms with Crippen LogP contribution in [-0.2, 0) is 14.3 Å². The van der Waals surface area contributed by atoms with E-state index in [0.717, 1.165) is 38.5 Å². The quantitative estimate of drug-likeness (QED) is 0.0261. The van der Waals surface area contributed by atoms with Gasteiger partial charge in [0.1, 0.15) is 24.4 Å². The second-order valence-corrected chi connectivity index (χ2v) is 20.5. The third-order valence-electron chi connectivity index (χ3n) is 14.1. The molecule has 0 radical (unpaired) electrons. The second kappa shape index (κ2) is 47.6. The van der Waals surface area contributed by atoms with Gasteiger partial charge in [0.05, 0.1) is 25.4 Å². The first-order chi connectivity index (χ1) is 32.3. The number of rotatable bonds is 50. The zero-order valence-corrected chi connectivity index (χ0v) is 43.5. The van der Waals surface area contributed by atoms with Crippen molar-refractivity contribution in [1.29, 1.82) is 0 Å². The van der Waals surface area contributed by atoms with E-state index < -0.39 is 49.5 Å². The molecule has 0 aliphatic carbocycles.